The van der Waals surface area contributed by atoms with E-state index < -0.39 is 0 Å². The first-order chi connectivity index (χ1) is 18.4. The number of hydrogen-bond acceptors (Lipinski definition) is 7. The number of nitrogens with zero attached hydrogens (tertiary/aromatic N) is 2. The normalized spacial score (nSPS) is 12.7. The summed E-state index contributed by atoms with van der Waals surface area (Å²) in [5.74, 6) is 1.15. The number of amides is 3. The topological polar surface area (TPSA) is 128 Å². The van der Waals surface area contributed by atoms with Crippen molar-refractivity contribution in [2.45, 2.75) is 25.8 Å². The second kappa shape index (κ2) is 12.8. The first-order valence-electron chi connectivity index (χ1n) is 12.5. The van der Waals surface area contributed by atoms with E-state index in [2.05, 4.69) is 15.6 Å². The molecule has 1 saturated carbocycles. The Morgan fingerprint density at radius 3 is 2.66 bits per heavy atom. The van der Waals surface area contributed by atoms with Crippen molar-refractivity contribution in [1.82, 2.24) is 15.2 Å². The maximum absolute atomic E-state index is 13.4. The average Bonchev–Trinajstić information content (AvgIpc) is 3.72. The molecule has 1 heterocycles. The van der Waals surface area contributed by atoms with E-state index in [1.54, 1.807) is 54.6 Å². The van der Waals surface area contributed by atoms with E-state index >= 15 is 0 Å². The van der Waals surface area contributed by atoms with Crippen LogP contribution >= 0.6 is 11.6 Å². The van der Waals surface area contributed by atoms with E-state index in [0.29, 0.717) is 70.7 Å². The van der Waals surface area contributed by atoms with E-state index in [1.807, 2.05) is 6.92 Å². The Balaban J connectivity index is 1.63. The quantitative estimate of drug-likeness (QED) is 0.290. The smallest absolute Gasteiger partial charge is 0.319 e. The predicted molar refractivity (Wildman–Crippen MR) is 146 cm³/mol. The Morgan fingerprint density at radius 1 is 1.16 bits per heavy atom. The average molecular weight is 542 g/mol. The van der Waals surface area contributed by atoms with Crippen molar-refractivity contribution >= 4 is 40.1 Å². The molecule has 1 aliphatic rings. The fourth-order valence-corrected chi connectivity index (χ4v) is 4.07. The van der Waals surface area contributed by atoms with Crippen LogP contribution < -0.4 is 25.8 Å². The van der Waals surface area contributed by atoms with Gasteiger partial charge in [0.05, 0.1) is 28.4 Å². The van der Waals surface area contributed by atoms with Gasteiger partial charge in [-0.1, -0.05) is 11.6 Å². The largest absolute Gasteiger partial charge is 0.490 e. The van der Waals surface area contributed by atoms with Crippen molar-refractivity contribution in [2.75, 3.05) is 45.3 Å². The number of anilines is 1. The lowest BCUT2D eigenvalue weighted by molar-refractivity contribution is 0.0762. The predicted octanol–water partition coefficient (Wildman–Crippen LogP) is 4.41. The molecule has 1 aromatic heterocycles. The Kier molecular flexibility index (Phi) is 9.22. The minimum atomic E-state index is -0.292. The second-order valence-electron chi connectivity index (χ2n) is 8.81. The van der Waals surface area contributed by atoms with E-state index in [-0.39, 0.29) is 24.6 Å². The standard InChI is InChI=1S/C27H32ClN5O5/c1-3-33(11-9-29)26(34)20-15-19-23(16-25(20)37-13-12-36-2)30-10-8-24(19)38-18-6-7-22(21(28)14-18)32-27(35)31-17-4-5-17/h6-8,10,14-17H,3-5,9,11-13,29H2,1-2H3,(H2,31,32,35). The van der Waals surface area contributed by atoms with Gasteiger partial charge >= 0.3 is 6.03 Å². The summed E-state index contributed by atoms with van der Waals surface area (Å²) in [6, 6.07) is 10.1. The van der Waals surface area contributed by atoms with Crippen molar-refractivity contribution < 1.29 is 23.8 Å². The Hall–Kier alpha value is -3.60. The zero-order valence-electron chi connectivity index (χ0n) is 21.5. The third-order valence-corrected chi connectivity index (χ3v) is 6.29. The van der Waals surface area contributed by atoms with Crippen LogP contribution in [0.2, 0.25) is 5.02 Å². The van der Waals surface area contributed by atoms with Gasteiger partial charge in [0, 0.05) is 56.5 Å². The number of pyridine rings is 1. The molecule has 0 spiro atoms. The summed E-state index contributed by atoms with van der Waals surface area (Å²) >= 11 is 6.42. The van der Waals surface area contributed by atoms with Gasteiger partial charge in [0.2, 0.25) is 0 Å². The molecule has 4 rings (SSSR count). The highest BCUT2D eigenvalue weighted by Gasteiger charge is 2.24. The van der Waals surface area contributed by atoms with Crippen LogP contribution in [0.1, 0.15) is 30.1 Å². The van der Waals surface area contributed by atoms with Gasteiger partial charge in [-0.3, -0.25) is 9.78 Å². The zero-order chi connectivity index (χ0) is 27.1. The van der Waals surface area contributed by atoms with Gasteiger partial charge in [-0.05, 0) is 44.0 Å². The number of likely N-dealkylation sites (N-methyl/N-ethyl adjacent to an activating group) is 1. The van der Waals surface area contributed by atoms with Crippen molar-refractivity contribution in [3.05, 3.63) is 53.2 Å². The van der Waals surface area contributed by atoms with Crippen LogP contribution in [-0.4, -0.2) is 67.8 Å². The van der Waals surface area contributed by atoms with Gasteiger partial charge < -0.3 is 35.5 Å². The summed E-state index contributed by atoms with van der Waals surface area (Å²) in [7, 11) is 1.58. The number of carbonyl (C=O) groups excluding carboxylic acids is 2. The molecular formula is C27H32ClN5O5. The molecule has 0 aliphatic heterocycles. The first kappa shape index (κ1) is 27.4. The van der Waals surface area contributed by atoms with Gasteiger partial charge in [-0.15, -0.1) is 0 Å². The van der Waals surface area contributed by atoms with Crippen LogP contribution in [0, 0.1) is 0 Å². The van der Waals surface area contributed by atoms with Gasteiger partial charge in [-0.25, -0.2) is 4.79 Å². The number of fused-ring (bicyclic) bond motifs is 1. The molecule has 0 saturated heterocycles. The van der Waals surface area contributed by atoms with Crippen molar-refractivity contribution in [3.63, 3.8) is 0 Å². The van der Waals surface area contributed by atoms with E-state index in [1.165, 1.54) is 0 Å². The number of methoxy groups -OCH3 is 1. The summed E-state index contributed by atoms with van der Waals surface area (Å²) in [6.45, 7) is 3.80. The zero-order valence-corrected chi connectivity index (χ0v) is 22.2. The van der Waals surface area contributed by atoms with Gasteiger partial charge in [0.15, 0.2) is 0 Å². The number of nitrogens with two attached hydrogens (primary N) is 1. The maximum atomic E-state index is 13.4. The van der Waals surface area contributed by atoms with E-state index in [9.17, 15) is 9.59 Å². The number of ether oxygens (including phenoxy) is 3. The number of rotatable bonds is 12. The molecule has 3 amide bonds. The van der Waals surface area contributed by atoms with Crippen LogP contribution in [0.3, 0.4) is 0 Å². The van der Waals surface area contributed by atoms with Crippen LogP contribution in [0.4, 0.5) is 10.5 Å². The minimum absolute atomic E-state index is 0.204. The molecule has 202 valence electrons. The molecule has 0 atom stereocenters. The molecule has 11 heteroatoms. The van der Waals surface area contributed by atoms with Gasteiger partial charge in [-0.2, -0.15) is 0 Å². The number of urea groups is 1. The molecule has 1 aliphatic carbocycles. The Morgan fingerprint density at radius 2 is 1.97 bits per heavy atom. The fraction of sp³-hybridized carbons (Fsp3) is 0.370. The SMILES string of the molecule is CCN(CCN)C(=O)c1cc2c(Oc3ccc(NC(=O)NC4CC4)c(Cl)c3)ccnc2cc1OCCOC. The molecule has 3 aromatic rings. The van der Waals surface area contributed by atoms with Crippen molar-refractivity contribution in [2.24, 2.45) is 5.73 Å². The van der Waals surface area contributed by atoms with E-state index in [4.69, 9.17) is 31.5 Å². The summed E-state index contributed by atoms with van der Waals surface area (Å²) in [5, 5.41) is 6.57. The molecule has 38 heavy (non-hydrogen) atoms. The fourth-order valence-electron chi connectivity index (χ4n) is 3.85. The van der Waals surface area contributed by atoms with Crippen LogP contribution in [0.5, 0.6) is 17.2 Å². The van der Waals surface area contributed by atoms with Crippen LogP contribution in [-0.2, 0) is 4.74 Å². The number of carbonyl (C=O) groups is 2. The third-order valence-electron chi connectivity index (χ3n) is 5.98. The maximum Gasteiger partial charge on any atom is 0.319 e. The lowest BCUT2D eigenvalue weighted by Gasteiger charge is -2.22. The summed E-state index contributed by atoms with van der Waals surface area (Å²) < 4.78 is 17.1. The molecule has 1 fully saturated rings. The molecule has 4 N–H and O–H groups in total. The minimum Gasteiger partial charge on any atom is -0.490 e. The lowest BCUT2D eigenvalue weighted by atomic mass is 10.1. The van der Waals surface area contributed by atoms with Gasteiger partial charge in [0.25, 0.3) is 5.91 Å². The third kappa shape index (κ3) is 6.83. The van der Waals surface area contributed by atoms with Crippen molar-refractivity contribution in [3.8, 4) is 17.2 Å². The highest BCUT2D eigenvalue weighted by atomic mass is 35.5. The molecular weight excluding hydrogens is 510 g/mol. The van der Waals surface area contributed by atoms with Crippen molar-refractivity contribution in [1.29, 1.82) is 0 Å². The number of halogens is 1. The number of hydrogen-bond donors (Lipinski definition) is 3. The summed E-state index contributed by atoms with van der Waals surface area (Å²) in [4.78, 5) is 31.6. The van der Waals surface area contributed by atoms with Crippen LogP contribution in [0.25, 0.3) is 10.9 Å². The molecule has 10 nitrogen and oxygen atoms in total. The highest BCUT2D eigenvalue weighted by Crippen LogP contribution is 2.36. The van der Waals surface area contributed by atoms with E-state index in [0.717, 1.165) is 12.8 Å². The number of benzene rings is 2. The monoisotopic (exact) mass is 541 g/mol. The number of nitrogens with one attached hydrogen (secondary N) is 2. The second-order valence-corrected chi connectivity index (χ2v) is 9.21. The number of aromatic nitrogens is 1. The molecule has 0 radical (unpaired) electrons. The van der Waals surface area contributed by atoms with Gasteiger partial charge in [0.1, 0.15) is 23.9 Å². The molecule has 0 unspecified atom stereocenters. The molecule has 2 aromatic carbocycles. The molecule has 0 bridgehead atoms. The lowest BCUT2D eigenvalue weighted by Crippen LogP contribution is -2.35. The summed E-state index contributed by atoms with van der Waals surface area (Å²) in [6.07, 6.45) is 3.60. The summed E-state index contributed by atoms with van der Waals surface area (Å²) in [5.41, 5.74) is 7.16. The van der Waals surface area contributed by atoms with Crippen LogP contribution in [0.15, 0.2) is 42.6 Å². The first-order valence-corrected chi connectivity index (χ1v) is 12.9. The Labute approximate surface area is 226 Å². The Bertz CT molecular complexity index is 1300. The highest BCUT2D eigenvalue weighted by molar-refractivity contribution is 6.33.